The van der Waals surface area contributed by atoms with Gasteiger partial charge in [0.25, 0.3) is 0 Å². The van der Waals surface area contributed by atoms with Crippen LogP contribution in [0.4, 0.5) is 4.79 Å². The second-order valence-electron chi connectivity index (χ2n) is 11.1. The Labute approximate surface area is 279 Å². The molecule has 0 saturated carbocycles. The lowest BCUT2D eigenvalue weighted by Gasteiger charge is -2.23. The molecule has 0 saturated heterocycles. The van der Waals surface area contributed by atoms with Gasteiger partial charge in [0, 0.05) is 0 Å². The van der Waals surface area contributed by atoms with Crippen molar-refractivity contribution in [3.05, 3.63) is 35.9 Å². The highest BCUT2D eigenvalue weighted by molar-refractivity contribution is 5.96. The molecule has 7 N–H and O–H groups in total. The second kappa shape index (κ2) is 20.1. The summed E-state index contributed by atoms with van der Waals surface area (Å²) >= 11 is 0. The van der Waals surface area contributed by atoms with E-state index in [4.69, 9.17) is 9.47 Å². The molecular formula is C31H47N7O10. The highest BCUT2D eigenvalue weighted by atomic mass is 16.5. The van der Waals surface area contributed by atoms with E-state index >= 15 is 0 Å². The Hall–Kier alpha value is -5.22. The number of rotatable bonds is 17. The van der Waals surface area contributed by atoms with Gasteiger partial charge in [-0.3, -0.25) is 28.8 Å². The minimum absolute atomic E-state index is 0.00807. The minimum Gasteiger partial charge on any atom is -0.464 e. The first kappa shape index (κ1) is 40.8. The summed E-state index contributed by atoms with van der Waals surface area (Å²) in [6, 6.07) is 1.51. The first-order valence-corrected chi connectivity index (χ1v) is 15.4. The summed E-state index contributed by atoms with van der Waals surface area (Å²) in [6.07, 6.45) is -0.823. The molecule has 48 heavy (non-hydrogen) atoms. The van der Waals surface area contributed by atoms with E-state index in [1.807, 2.05) is 6.07 Å². The number of esters is 1. The van der Waals surface area contributed by atoms with E-state index < -0.39 is 89.8 Å². The van der Waals surface area contributed by atoms with E-state index in [0.29, 0.717) is 0 Å². The minimum atomic E-state index is -1.12. The zero-order chi connectivity index (χ0) is 36.6. The Bertz CT molecular complexity index is 1310. The van der Waals surface area contributed by atoms with E-state index in [2.05, 4.69) is 37.2 Å². The maximum atomic E-state index is 12.6. The molecule has 0 aliphatic rings. The van der Waals surface area contributed by atoms with Crippen LogP contribution in [-0.2, 0) is 49.6 Å². The van der Waals surface area contributed by atoms with Crippen molar-refractivity contribution < 1.29 is 47.8 Å². The molecular weight excluding hydrogens is 630 g/mol. The third-order valence-electron chi connectivity index (χ3n) is 6.70. The van der Waals surface area contributed by atoms with Crippen molar-refractivity contribution in [1.29, 1.82) is 0 Å². The third-order valence-corrected chi connectivity index (χ3v) is 6.70. The summed E-state index contributed by atoms with van der Waals surface area (Å²) in [7, 11) is 0. The van der Waals surface area contributed by atoms with Gasteiger partial charge in [0.2, 0.25) is 35.4 Å². The molecule has 0 aliphatic heterocycles. The molecule has 0 aliphatic carbocycles. The number of carbonyl (C=O) groups excluding carboxylic acids is 8. The standard InChI is InChI=1S/C31H47N7O10/c1-9-47-30(45)22(8)37-28(43)20(6)35-26(41)18(4)33-24(39)16(2)32-25(40)17(3)34-27(42)19(5)36-29(44)21(7)38-31(46)48-15-23-13-11-10-12-14-23/h10-14,16-22H,9,15H2,1-8H3,(H,32,40)(H,33,39)(H,34,42)(H,35,41)(H,36,44)(H,37,43)(H,38,46)/t16-,17-,18-,19-,20-,21-,22+/m1/s1. The highest BCUT2D eigenvalue weighted by Gasteiger charge is 2.28. The maximum absolute atomic E-state index is 12.6. The molecule has 0 unspecified atom stereocenters. The summed E-state index contributed by atoms with van der Waals surface area (Å²) in [5, 5.41) is 16.9. The predicted molar refractivity (Wildman–Crippen MR) is 171 cm³/mol. The van der Waals surface area contributed by atoms with Gasteiger partial charge in [0.1, 0.15) is 48.9 Å². The van der Waals surface area contributed by atoms with Gasteiger partial charge in [-0.25, -0.2) is 9.59 Å². The Balaban J connectivity index is 2.49. The van der Waals surface area contributed by atoms with Gasteiger partial charge in [-0.2, -0.15) is 0 Å². The van der Waals surface area contributed by atoms with Crippen molar-refractivity contribution in [2.24, 2.45) is 0 Å². The molecule has 7 amide bonds. The van der Waals surface area contributed by atoms with Crippen LogP contribution in [0.15, 0.2) is 30.3 Å². The fourth-order valence-electron chi connectivity index (χ4n) is 3.69. The first-order chi connectivity index (χ1) is 22.5. The lowest BCUT2D eigenvalue weighted by molar-refractivity contribution is -0.147. The number of hydrogen-bond donors (Lipinski definition) is 7. The van der Waals surface area contributed by atoms with Gasteiger partial charge < -0.3 is 46.7 Å². The second-order valence-corrected chi connectivity index (χ2v) is 11.1. The third kappa shape index (κ3) is 14.5. The first-order valence-electron chi connectivity index (χ1n) is 15.4. The molecule has 0 spiro atoms. The molecule has 0 fully saturated rings. The Morgan fingerprint density at radius 1 is 0.479 bits per heavy atom. The summed E-state index contributed by atoms with van der Waals surface area (Å²) < 4.78 is 9.90. The van der Waals surface area contributed by atoms with Gasteiger partial charge in [-0.1, -0.05) is 30.3 Å². The van der Waals surface area contributed by atoms with Gasteiger partial charge >= 0.3 is 12.1 Å². The maximum Gasteiger partial charge on any atom is 0.408 e. The number of hydrogen-bond acceptors (Lipinski definition) is 10. The van der Waals surface area contributed by atoms with E-state index in [1.165, 1.54) is 48.5 Å². The number of amides is 7. The van der Waals surface area contributed by atoms with Crippen molar-refractivity contribution in [3.8, 4) is 0 Å². The van der Waals surface area contributed by atoms with E-state index in [-0.39, 0.29) is 13.2 Å². The molecule has 1 rings (SSSR count). The highest BCUT2D eigenvalue weighted by Crippen LogP contribution is 2.01. The Morgan fingerprint density at radius 3 is 1.12 bits per heavy atom. The molecule has 17 heteroatoms. The van der Waals surface area contributed by atoms with E-state index in [1.54, 1.807) is 31.2 Å². The van der Waals surface area contributed by atoms with Crippen LogP contribution in [0, 0.1) is 0 Å². The summed E-state index contributed by atoms with van der Waals surface area (Å²) in [6.45, 7) is 11.5. The fourth-order valence-corrected chi connectivity index (χ4v) is 3.69. The molecule has 266 valence electrons. The van der Waals surface area contributed by atoms with Crippen LogP contribution in [-0.4, -0.2) is 96.4 Å². The Kier molecular flexibility index (Phi) is 17.1. The van der Waals surface area contributed by atoms with Gasteiger partial charge in [-0.15, -0.1) is 0 Å². The van der Waals surface area contributed by atoms with Crippen molar-refractivity contribution >= 4 is 47.5 Å². The SMILES string of the molecule is CCOC(=O)[C@H](C)NC(=O)[C@@H](C)NC(=O)[C@@H](C)NC(=O)[C@@H](C)NC(=O)[C@@H](C)NC(=O)[C@@H](C)NC(=O)[C@@H](C)NC(=O)OCc1ccccc1. The molecule has 0 heterocycles. The van der Waals surface area contributed by atoms with Crippen LogP contribution in [0.2, 0.25) is 0 Å². The van der Waals surface area contributed by atoms with Gasteiger partial charge in [0.15, 0.2) is 0 Å². The lowest BCUT2D eigenvalue weighted by Crippen LogP contribution is -2.57. The average molecular weight is 678 g/mol. The van der Waals surface area contributed by atoms with Gasteiger partial charge in [0.05, 0.1) is 6.61 Å². The quantitative estimate of drug-likeness (QED) is 0.0982. The van der Waals surface area contributed by atoms with Crippen molar-refractivity contribution in [3.63, 3.8) is 0 Å². The van der Waals surface area contributed by atoms with Crippen LogP contribution >= 0.6 is 0 Å². The van der Waals surface area contributed by atoms with Crippen LogP contribution in [0.25, 0.3) is 0 Å². The van der Waals surface area contributed by atoms with Crippen LogP contribution < -0.4 is 37.2 Å². The topological polar surface area (TPSA) is 239 Å². The average Bonchev–Trinajstić information content (AvgIpc) is 3.03. The van der Waals surface area contributed by atoms with Crippen molar-refractivity contribution in [1.82, 2.24) is 37.2 Å². The number of carbonyl (C=O) groups is 8. The van der Waals surface area contributed by atoms with E-state index in [9.17, 15) is 38.4 Å². The van der Waals surface area contributed by atoms with Crippen LogP contribution in [0.1, 0.15) is 61.0 Å². The normalized spacial score (nSPS) is 14.9. The van der Waals surface area contributed by atoms with E-state index in [0.717, 1.165) is 5.56 Å². The van der Waals surface area contributed by atoms with Crippen molar-refractivity contribution in [2.45, 2.75) is 104 Å². The smallest absolute Gasteiger partial charge is 0.408 e. The Morgan fingerprint density at radius 2 is 0.792 bits per heavy atom. The van der Waals surface area contributed by atoms with Crippen molar-refractivity contribution in [2.75, 3.05) is 6.61 Å². The zero-order valence-corrected chi connectivity index (χ0v) is 28.4. The zero-order valence-electron chi connectivity index (χ0n) is 28.4. The predicted octanol–water partition coefficient (Wildman–Crippen LogP) is -1.11. The van der Waals surface area contributed by atoms with Crippen LogP contribution in [0.5, 0.6) is 0 Å². The molecule has 1 aromatic rings. The van der Waals surface area contributed by atoms with Gasteiger partial charge in [-0.05, 0) is 61.0 Å². The molecule has 0 bridgehead atoms. The molecule has 0 aromatic heterocycles. The lowest BCUT2D eigenvalue weighted by atomic mass is 10.2. The van der Waals surface area contributed by atoms with Crippen LogP contribution in [0.3, 0.4) is 0 Å². The molecule has 1 aromatic carbocycles. The summed E-state index contributed by atoms with van der Waals surface area (Å²) in [5.41, 5.74) is 0.762. The fraction of sp³-hybridized carbons (Fsp3) is 0.548. The number of nitrogens with one attached hydrogen (secondary N) is 7. The summed E-state index contributed by atoms with van der Waals surface area (Å²) in [4.78, 5) is 98.9. The number of alkyl carbamates (subject to hydrolysis) is 1. The monoisotopic (exact) mass is 677 g/mol. The molecule has 17 nitrogen and oxygen atoms in total. The molecule has 0 radical (unpaired) electrons. The number of ether oxygens (including phenoxy) is 2. The molecule has 7 atom stereocenters. The largest absolute Gasteiger partial charge is 0.464 e. The summed E-state index contributed by atoms with van der Waals surface area (Å²) in [5.74, 6) is -4.79. The number of benzene rings is 1.